The zero-order valence-electron chi connectivity index (χ0n) is 16.3. The minimum atomic E-state index is -0.676. The molecule has 0 radical (unpaired) electrons. The van der Waals surface area contributed by atoms with Crippen molar-refractivity contribution >= 4 is 34.7 Å². The first-order valence-corrected chi connectivity index (χ1v) is 8.71. The number of hydrogen-bond acceptors (Lipinski definition) is 7. The third kappa shape index (κ3) is 3.03. The summed E-state index contributed by atoms with van der Waals surface area (Å²) < 4.78 is 13.0. The Hall–Kier alpha value is -3.34. The maximum atomic E-state index is 12.7. The topological polar surface area (TPSA) is 130 Å². The first-order valence-electron chi connectivity index (χ1n) is 8.33. The molecule has 0 aliphatic heterocycles. The number of methoxy groups -OCH3 is 2. The summed E-state index contributed by atoms with van der Waals surface area (Å²) in [4.78, 5) is 56.1. The van der Waals surface area contributed by atoms with Gasteiger partial charge in [0.2, 0.25) is 5.28 Å². The van der Waals surface area contributed by atoms with Gasteiger partial charge in [0.25, 0.3) is 5.56 Å². The number of fused-ring (bicyclic) bond motifs is 1. The molecule has 0 bridgehead atoms. The Morgan fingerprint density at radius 1 is 1.10 bits per heavy atom. The maximum absolute atomic E-state index is 12.7. The van der Waals surface area contributed by atoms with E-state index in [0.29, 0.717) is 5.56 Å². The largest absolute Gasteiger partial charge is 0.465 e. The molecule has 0 aliphatic carbocycles. The summed E-state index contributed by atoms with van der Waals surface area (Å²) in [7, 11) is 5.22. The molecule has 0 saturated heterocycles. The zero-order valence-corrected chi connectivity index (χ0v) is 17.1. The van der Waals surface area contributed by atoms with Gasteiger partial charge in [0.1, 0.15) is 5.69 Å². The molecule has 0 amide bonds. The van der Waals surface area contributed by atoms with E-state index in [4.69, 9.17) is 21.1 Å². The number of aromatic amines is 1. The van der Waals surface area contributed by atoms with Crippen LogP contribution in [0.2, 0.25) is 5.28 Å². The number of ether oxygens (including phenoxy) is 2. The van der Waals surface area contributed by atoms with Crippen LogP contribution in [0.3, 0.4) is 0 Å². The van der Waals surface area contributed by atoms with E-state index in [1.54, 1.807) is 6.92 Å². The van der Waals surface area contributed by atoms with Crippen LogP contribution in [0.1, 0.15) is 32.1 Å². The Bertz CT molecular complexity index is 1280. The van der Waals surface area contributed by atoms with Gasteiger partial charge in [-0.3, -0.25) is 13.9 Å². The highest BCUT2D eigenvalue weighted by molar-refractivity contribution is 6.29. The Morgan fingerprint density at radius 3 is 2.31 bits per heavy atom. The number of aromatic nitrogens is 5. The first-order chi connectivity index (χ1) is 13.6. The summed E-state index contributed by atoms with van der Waals surface area (Å²) in [5.41, 5.74) is -0.189. The summed E-state index contributed by atoms with van der Waals surface area (Å²) >= 11 is 6.24. The lowest BCUT2D eigenvalue weighted by Crippen LogP contribution is -2.37. The van der Waals surface area contributed by atoms with Crippen LogP contribution >= 0.6 is 11.6 Å². The van der Waals surface area contributed by atoms with E-state index < -0.39 is 23.2 Å². The number of aryl methyl sites for hydroxylation is 1. The van der Waals surface area contributed by atoms with Crippen LogP contribution in [0.5, 0.6) is 0 Å². The van der Waals surface area contributed by atoms with E-state index >= 15 is 0 Å². The lowest BCUT2D eigenvalue weighted by Gasteiger charge is -2.08. The minimum Gasteiger partial charge on any atom is -0.465 e. The summed E-state index contributed by atoms with van der Waals surface area (Å²) in [6.45, 7) is 1.46. The van der Waals surface area contributed by atoms with Crippen molar-refractivity contribution in [3.05, 3.63) is 48.6 Å². The number of carbonyl (C=O) groups is 2. The summed E-state index contributed by atoms with van der Waals surface area (Å²) in [6.07, 6.45) is 0. The van der Waals surface area contributed by atoms with Gasteiger partial charge in [-0.1, -0.05) is 0 Å². The van der Waals surface area contributed by atoms with E-state index in [-0.39, 0.29) is 39.9 Å². The Balaban J connectivity index is 2.29. The highest BCUT2D eigenvalue weighted by Gasteiger charge is 2.27. The van der Waals surface area contributed by atoms with Crippen LogP contribution < -0.4 is 11.2 Å². The molecule has 0 atom stereocenters. The average molecular weight is 424 g/mol. The highest BCUT2D eigenvalue weighted by atomic mass is 35.5. The van der Waals surface area contributed by atoms with Gasteiger partial charge in [-0.05, 0) is 24.1 Å². The molecule has 3 aromatic rings. The zero-order chi connectivity index (χ0) is 21.6. The first kappa shape index (κ1) is 20.4. The quantitative estimate of drug-likeness (QED) is 0.473. The van der Waals surface area contributed by atoms with E-state index in [9.17, 15) is 19.2 Å². The predicted octanol–water partition coefficient (Wildman–Crippen LogP) is 0.345. The monoisotopic (exact) mass is 423 g/mol. The lowest BCUT2D eigenvalue weighted by molar-refractivity contribution is 0.0592. The molecule has 154 valence electrons. The van der Waals surface area contributed by atoms with Crippen LogP contribution in [-0.4, -0.2) is 49.8 Å². The number of rotatable bonds is 4. The van der Waals surface area contributed by atoms with E-state index in [2.05, 4.69) is 9.97 Å². The van der Waals surface area contributed by atoms with E-state index in [0.717, 1.165) is 4.57 Å². The number of esters is 2. The van der Waals surface area contributed by atoms with Gasteiger partial charge in [0, 0.05) is 14.1 Å². The molecule has 0 fully saturated rings. The van der Waals surface area contributed by atoms with Crippen molar-refractivity contribution in [3.63, 3.8) is 0 Å². The smallest absolute Gasteiger partial charge is 0.354 e. The third-order valence-corrected chi connectivity index (χ3v) is 5.01. The molecule has 0 saturated carbocycles. The van der Waals surface area contributed by atoms with Crippen molar-refractivity contribution in [3.8, 4) is 0 Å². The third-order valence-electron chi connectivity index (χ3n) is 4.72. The molecule has 0 spiro atoms. The Labute approximate surface area is 168 Å². The average Bonchev–Trinajstić information content (AvgIpc) is 3.21. The molecule has 0 aromatic carbocycles. The second-order valence-corrected chi connectivity index (χ2v) is 6.64. The van der Waals surface area contributed by atoms with Crippen molar-refractivity contribution in [2.24, 2.45) is 14.1 Å². The summed E-state index contributed by atoms with van der Waals surface area (Å²) in [5, 5.41) is -0.0685. The number of halogens is 1. The van der Waals surface area contributed by atoms with Gasteiger partial charge in [-0.25, -0.2) is 14.4 Å². The summed E-state index contributed by atoms with van der Waals surface area (Å²) in [5.74, 6) is -1.34. The van der Waals surface area contributed by atoms with Crippen LogP contribution in [0.15, 0.2) is 9.59 Å². The number of nitrogens with zero attached hydrogens (tertiary/aromatic N) is 4. The van der Waals surface area contributed by atoms with Crippen LogP contribution in [0.4, 0.5) is 0 Å². The Morgan fingerprint density at radius 2 is 1.72 bits per heavy atom. The molecule has 12 heteroatoms. The fraction of sp³-hybridized carbons (Fsp3) is 0.353. The summed E-state index contributed by atoms with van der Waals surface area (Å²) in [6, 6.07) is 0. The fourth-order valence-electron chi connectivity index (χ4n) is 3.18. The Kier molecular flexibility index (Phi) is 5.09. The van der Waals surface area contributed by atoms with Gasteiger partial charge < -0.3 is 19.0 Å². The second-order valence-electron chi connectivity index (χ2n) is 6.31. The maximum Gasteiger partial charge on any atom is 0.354 e. The number of imidazole rings is 1. The van der Waals surface area contributed by atoms with Crippen LogP contribution in [0.25, 0.3) is 11.2 Å². The molecule has 11 nitrogen and oxygen atoms in total. The molecule has 3 aromatic heterocycles. The normalized spacial score (nSPS) is 11.1. The fourth-order valence-corrected chi connectivity index (χ4v) is 3.41. The van der Waals surface area contributed by atoms with Gasteiger partial charge in [-0.2, -0.15) is 4.98 Å². The lowest BCUT2D eigenvalue weighted by atomic mass is 10.1. The predicted molar refractivity (Wildman–Crippen MR) is 103 cm³/mol. The van der Waals surface area contributed by atoms with Gasteiger partial charge in [0.05, 0.1) is 32.0 Å². The van der Waals surface area contributed by atoms with E-state index in [1.165, 1.54) is 37.4 Å². The molecule has 3 heterocycles. The number of nitrogens with one attached hydrogen (secondary N) is 1. The second kappa shape index (κ2) is 7.24. The molecular weight excluding hydrogens is 406 g/mol. The van der Waals surface area contributed by atoms with E-state index in [1.807, 2.05) is 0 Å². The van der Waals surface area contributed by atoms with Crippen molar-refractivity contribution in [2.45, 2.75) is 13.5 Å². The minimum absolute atomic E-state index is 0.0685. The molecule has 29 heavy (non-hydrogen) atoms. The van der Waals surface area contributed by atoms with Crippen molar-refractivity contribution in [1.82, 2.24) is 23.7 Å². The number of hydrogen-bond donors (Lipinski definition) is 1. The number of H-pyrrole nitrogens is 1. The van der Waals surface area contributed by atoms with Crippen LogP contribution in [-0.2, 0) is 30.1 Å². The molecule has 0 aliphatic rings. The molecule has 1 N–H and O–H groups in total. The van der Waals surface area contributed by atoms with Gasteiger partial charge in [0.15, 0.2) is 11.2 Å². The van der Waals surface area contributed by atoms with Crippen LogP contribution in [0, 0.1) is 6.92 Å². The number of carbonyl (C=O) groups excluding carboxylic acids is 2. The van der Waals surface area contributed by atoms with Gasteiger partial charge >= 0.3 is 17.6 Å². The molecule has 0 unspecified atom stereocenters. The molecule has 3 rings (SSSR count). The van der Waals surface area contributed by atoms with Crippen molar-refractivity contribution < 1.29 is 19.1 Å². The molecular formula is C17H18ClN5O6. The highest BCUT2D eigenvalue weighted by Crippen LogP contribution is 2.24. The van der Waals surface area contributed by atoms with Crippen molar-refractivity contribution in [2.75, 3.05) is 14.2 Å². The van der Waals surface area contributed by atoms with Crippen molar-refractivity contribution in [1.29, 1.82) is 0 Å². The standard InChI is InChI=1S/C17H18ClN5O6/c1-7-9(14(25)28-4)8(19-10(7)15(26)29-5)6-23-11-12(20-16(23)18)21(2)17(27)22(3)13(11)24/h19H,6H2,1-5H3. The van der Waals surface area contributed by atoms with Gasteiger partial charge in [-0.15, -0.1) is 0 Å². The SMILES string of the molecule is COC(=O)c1[nH]c(Cn2c(Cl)nc3c2c(=O)n(C)c(=O)n3C)c(C(=O)OC)c1C.